The molecular formula is C13H13NO. The van der Waals surface area contributed by atoms with Crippen LogP contribution in [-0.4, -0.2) is 6.61 Å². The minimum Gasteiger partial charge on any atom is -0.301 e. The lowest BCUT2D eigenvalue weighted by Gasteiger charge is -2.09. The van der Waals surface area contributed by atoms with Crippen molar-refractivity contribution in [2.45, 2.75) is 12.5 Å². The number of fused-ring (bicyclic) bond motifs is 1. The van der Waals surface area contributed by atoms with E-state index in [1.165, 1.54) is 16.3 Å². The highest BCUT2D eigenvalue weighted by Crippen LogP contribution is 2.24. The van der Waals surface area contributed by atoms with E-state index in [0.717, 1.165) is 13.0 Å². The fraction of sp³-hybridized carbons (Fsp3) is 0.231. The Morgan fingerprint density at radius 1 is 1.07 bits per heavy atom. The molecule has 2 nitrogen and oxygen atoms in total. The molecule has 1 fully saturated rings. The molecule has 1 heterocycles. The fourth-order valence-electron chi connectivity index (χ4n) is 2.05. The number of nitrogens with one attached hydrogen (secondary N) is 1. The second-order valence-corrected chi connectivity index (χ2v) is 3.91. The molecule has 0 radical (unpaired) electrons. The quantitative estimate of drug-likeness (QED) is 0.762. The number of benzene rings is 2. The molecule has 0 bridgehead atoms. The molecule has 1 aliphatic heterocycles. The monoisotopic (exact) mass is 199 g/mol. The molecule has 0 aromatic heterocycles. The van der Waals surface area contributed by atoms with Crippen LogP contribution in [0.15, 0.2) is 42.5 Å². The molecule has 2 aromatic rings. The maximum atomic E-state index is 5.17. The van der Waals surface area contributed by atoms with Crippen molar-refractivity contribution in [3.05, 3.63) is 48.0 Å². The van der Waals surface area contributed by atoms with Gasteiger partial charge in [-0.2, -0.15) is 5.48 Å². The third-order valence-corrected chi connectivity index (χ3v) is 2.91. The zero-order valence-electron chi connectivity index (χ0n) is 8.44. The van der Waals surface area contributed by atoms with E-state index in [2.05, 4.69) is 47.9 Å². The summed E-state index contributed by atoms with van der Waals surface area (Å²) >= 11 is 0. The Hall–Kier alpha value is -1.38. The third kappa shape index (κ3) is 1.62. The summed E-state index contributed by atoms with van der Waals surface area (Å²) in [6, 6.07) is 15.4. The summed E-state index contributed by atoms with van der Waals surface area (Å²) in [4.78, 5) is 5.17. The Kier molecular flexibility index (Phi) is 2.16. The zero-order chi connectivity index (χ0) is 10.1. The molecule has 76 valence electrons. The molecule has 1 N–H and O–H groups in total. The van der Waals surface area contributed by atoms with E-state index in [1.807, 2.05) is 0 Å². The van der Waals surface area contributed by atoms with Crippen molar-refractivity contribution in [1.29, 1.82) is 0 Å². The molecule has 0 unspecified atom stereocenters. The van der Waals surface area contributed by atoms with Crippen LogP contribution in [0.3, 0.4) is 0 Å². The average Bonchev–Trinajstić information content (AvgIpc) is 2.82. The molecule has 1 aliphatic rings. The van der Waals surface area contributed by atoms with Crippen LogP contribution in [0.5, 0.6) is 0 Å². The van der Waals surface area contributed by atoms with Crippen LogP contribution in [0.2, 0.25) is 0 Å². The highest BCUT2D eigenvalue weighted by Gasteiger charge is 2.16. The largest absolute Gasteiger partial charge is 0.301 e. The molecule has 0 saturated carbocycles. The van der Waals surface area contributed by atoms with Crippen molar-refractivity contribution in [3.63, 3.8) is 0 Å². The van der Waals surface area contributed by atoms with E-state index < -0.39 is 0 Å². The van der Waals surface area contributed by atoms with Gasteiger partial charge in [0.2, 0.25) is 0 Å². The van der Waals surface area contributed by atoms with Gasteiger partial charge in [0.05, 0.1) is 12.6 Å². The van der Waals surface area contributed by atoms with Crippen LogP contribution in [-0.2, 0) is 4.84 Å². The summed E-state index contributed by atoms with van der Waals surface area (Å²) in [5.41, 5.74) is 4.35. The Labute approximate surface area is 88.8 Å². The Bertz CT molecular complexity index is 475. The predicted octanol–water partition coefficient (Wildman–Crippen LogP) is 2.81. The summed E-state index contributed by atoms with van der Waals surface area (Å²) in [6.45, 7) is 0.803. The van der Waals surface area contributed by atoms with Crippen molar-refractivity contribution in [3.8, 4) is 0 Å². The number of hydrogen-bond acceptors (Lipinski definition) is 2. The second-order valence-electron chi connectivity index (χ2n) is 3.91. The first-order chi connectivity index (χ1) is 7.43. The van der Waals surface area contributed by atoms with Crippen molar-refractivity contribution >= 4 is 10.8 Å². The molecule has 1 saturated heterocycles. The molecule has 3 rings (SSSR count). The van der Waals surface area contributed by atoms with Gasteiger partial charge in [-0.3, -0.25) is 0 Å². The average molecular weight is 199 g/mol. The minimum atomic E-state index is 0.356. The maximum Gasteiger partial charge on any atom is 0.0701 e. The van der Waals surface area contributed by atoms with Crippen LogP contribution in [0, 0.1) is 0 Å². The van der Waals surface area contributed by atoms with Gasteiger partial charge in [-0.1, -0.05) is 36.4 Å². The van der Waals surface area contributed by atoms with Crippen LogP contribution in [0.4, 0.5) is 0 Å². The predicted molar refractivity (Wildman–Crippen MR) is 60.4 cm³/mol. The normalized spacial score (nSPS) is 20.9. The maximum absolute atomic E-state index is 5.17. The molecule has 0 amide bonds. The summed E-state index contributed by atoms with van der Waals surface area (Å²) in [5.74, 6) is 0. The SMILES string of the molecule is c1ccc2cc([C@H]3CCON3)ccc2c1. The van der Waals surface area contributed by atoms with Crippen molar-refractivity contribution in [2.75, 3.05) is 6.61 Å². The first-order valence-corrected chi connectivity index (χ1v) is 5.29. The van der Waals surface area contributed by atoms with Gasteiger partial charge in [-0.05, 0) is 28.8 Å². The minimum absolute atomic E-state index is 0.356. The number of rotatable bonds is 1. The zero-order valence-corrected chi connectivity index (χ0v) is 8.44. The third-order valence-electron chi connectivity index (χ3n) is 2.91. The Morgan fingerprint density at radius 3 is 2.73 bits per heavy atom. The summed E-state index contributed by atoms with van der Waals surface area (Å²) in [6.07, 6.45) is 1.05. The molecular weight excluding hydrogens is 186 g/mol. The van der Waals surface area contributed by atoms with Crippen LogP contribution in [0.25, 0.3) is 10.8 Å². The van der Waals surface area contributed by atoms with Crippen molar-refractivity contribution in [1.82, 2.24) is 5.48 Å². The summed E-state index contributed by atoms with van der Waals surface area (Å²) < 4.78 is 0. The topological polar surface area (TPSA) is 21.3 Å². The Morgan fingerprint density at radius 2 is 1.93 bits per heavy atom. The molecule has 2 heteroatoms. The fourth-order valence-corrected chi connectivity index (χ4v) is 2.05. The lowest BCUT2D eigenvalue weighted by molar-refractivity contribution is 0.0883. The van der Waals surface area contributed by atoms with Crippen molar-refractivity contribution in [2.24, 2.45) is 0 Å². The van der Waals surface area contributed by atoms with E-state index in [4.69, 9.17) is 4.84 Å². The molecule has 0 spiro atoms. The number of hydrogen-bond donors (Lipinski definition) is 1. The Balaban J connectivity index is 2.05. The second kappa shape index (κ2) is 3.65. The smallest absolute Gasteiger partial charge is 0.0701 e. The highest BCUT2D eigenvalue weighted by atomic mass is 16.7. The summed E-state index contributed by atoms with van der Waals surface area (Å²) in [7, 11) is 0. The van der Waals surface area contributed by atoms with Crippen LogP contribution < -0.4 is 5.48 Å². The number of hydroxylamine groups is 1. The molecule has 0 aliphatic carbocycles. The van der Waals surface area contributed by atoms with Gasteiger partial charge >= 0.3 is 0 Å². The standard InChI is InChI=1S/C13H13NO/c1-2-4-11-9-12(6-5-10(11)3-1)13-7-8-15-14-13/h1-6,9,13-14H,7-8H2/t13-/m1/s1. The van der Waals surface area contributed by atoms with Gasteiger partial charge in [0.15, 0.2) is 0 Å². The first-order valence-electron chi connectivity index (χ1n) is 5.29. The lowest BCUT2D eigenvalue weighted by Crippen LogP contribution is -2.11. The van der Waals surface area contributed by atoms with E-state index in [1.54, 1.807) is 0 Å². The van der Waals surface area contributed by atoms with Crippen molar-refractivity contribution < 1.29 is 4.84 Å². The summed E-state index contributed by atoms with van der Waals surface area (Å²) in [5, 5.41) is 2.59. The van der Waals surface area contributed by atoms with E-state index >= 15 is 0 Å². The van der Waals surface area contributed by atoms with Gasteiger partial charge in [-0.15, -0.1) is 0 Å². The van der Waals surface area contributed by atoms with Gasteiger partial charge in [0.1, 0.15) is 0 Å². The van der Waals surface area contributed by atoms with Gasteiger partial charge in [-0.25, -0.2) is 0 Å². The van der Waals surface area contributed by atoms with Gasteiger partial charge in [0, 0.05) is 0 Å². The van der Waals surface area contributed by atoms with Gasteiger partial charge < -0.3 is 4.84 Å². The highest BCUT2D eigenvalue weighted by molar-refractivity contribution is 5.83. The molecule has 2 aromatic carbocycles. The van der Waals surface area contributed by atoms with E-state index in [-0.39, 0.29) is 0 Å². The first kappa shape index (κ1) is 8.89. The molecule has 15 heavy (non-hydrogen) atoms. The van der Waals surface area contributed by atoms with Gasteiger partial charge in [0.25, 0.3) is 0 Å². The van der Waals surface area contributed by atoms with Crippen LogP contribution >= 0.6 is 0 Å². The van der Waals surface area contributed by atoms with E-state index in [9.17, 15) is 0 Å². The van der Waals surface area contributed by atoms with Crippen LogP contribution in [0.1, 0.15) is 18.0 Å². The lowest BCUT2D eigenvalue weighted by atomic mass is 10.0. The van der Waals surface area contributed by atoms with E-state index in [0.29, 0.717) is 6.04 Å². The molecule has 1 atom stereocenters.